The van der Waals surface area contributed by atoms with Crippen molar-refractivity contribution < 1.29 is 9.59 Å². The molecule has 2 N–H and O–H groups in total. The van der Waals surface area contributed by atoms with E-state index in [2.05, 4.69) is 15.6 Å². The Balaban J connectivity index is 2.37. The molecular weight excluding hydrogens is 352 g/mol. The monoisotopic (exact) mass is 376 g/mol. The van der Waals surface area contributed by atoms with E-state index >= 15 is 0 Å². The zero-order valence-electron chi connectivity index (χ0n) is 15.4. The lowest BCUT2D eigenvalue weighted by atomic mass is 10.2. The van der Waals surface area contributed by atoms with E-state index < -0.39 is 17.2 Å². The van der Waals surface area contributed by atoms with Gasteiger partial charge in [-0.05, 0) is 39.3 Å². The third-order valence-electron chi connectivity index (χ3n) is 4.03. The molecule has 0 fully saturated rings. The highest BCUT2D eigenvalue weighted by Crippen LogP contribution is 2.25. The minimum atomic E-state index is -0.582. The summed E-state index contributed by atoms with van der Waals surface area (Å²) in [5.74, 6) is -0.431. The van der Waals surface area contributed by atoms with Gasteiger partial charge in [-0.1, -0.05) is 30.8 Å². The number of carbonyl (C=O) groups excluding carboxylic acids is 2. The maximum Gasteiger partial charge on any atom is 0.321 e. The quantitative estimate of drug-likeness (QED) is 0.597. The van der Waals surface area contributed by atoms with Crippen LogP contribution in [0.5, 0.6) is 0 Å². The Labute approximate surface area is 156 Å². The van der Waals surface area contributed by atoms with Crippen LogP contribution in [0.1, 0.15) is 40.2 Å². The fraction of sp³-hybridized carbons (Fsp3) is 0.444. The summed E-state index contributed by atoms with van der Waals surface area (Å²) < 4.78 is 1.63. The highest BCUT2D eigenvalue weighted by molar-refractivity contribution is 8.00. The summed E-state index contributed by atoms with van der Waals surface area (Å²) >= 11 is 1.17. The molecule has 0 aliphatic heterocycles. The molecule has 0 unspecified atom stereocenters. The lowest BCUT2D eigenvalue weighted by Gasteiger charge is -2.20. The van der Waals surface area contributed by atoms with E-state index in [-0.39, 0.29) is 11.6 Å². The van der Waals surface area contributed by atoms with Crippen molar-refractivity contribution in [1.29, 1.82) is 0 Å². The van der Waals surface area contributed by atoms with Crippen LogP contribution >= 0.6 is 11.8 Å². The minimum absolute atomic E-state index is 0.0549. The van der Waals surface area contributed by atoms with Gasteiger partial charge in [-0.15, -0.1) is 0 Å². The Hall–Kier alpha value is -2.35. The van der Waals surface area contributed by atoms with Gasteiger partial charge in [-0.25, -0.2) is 9.78 Å². The van der Waals surface area contributed by atoms with Gasteiger partial charge < -0.3 is 5.32 Å². The second-order valence-corrected chi connectivity index (χ2v) is 7.26. The molecule has 1 heterocycles. The number of nitrogens with zero attached hydrogens (tertiary/aromatic N) is 2. The smallest absolute Gasteiger partial charge is 0.321 e. The lowest BCUT2D eigenvalue weighted by Crippen LogP contribution is -2.42. The third-order valence-corrected chi connectivity index (χ3v) is 5.10. The summed E-state index contributed by atoms with van der Waals surface area (Å²) in [4.78, 5) is 41.3. The lowest BCUT2D eigenvalue weighted by molar-refractivity contribution is -0.119. The molecule has 0 saturated carbocycles. The SMILES string of the molecule is CCNC(=O)NC(=O)[C@H](C)Sc1nc2ccccc2c(=O)n1[C@H](C)CC. The van der Waals surface area contributed by atoms with Crippen LogP contribution in [0.15, 0.2) is 34.2 Å². The maximum absolute atomic E-state index is 12.9. The Bertz CT molecular complexity index is 865. The molecule has 2 aromatic rings. The molecule has 0 radical (unpaired) electrons. The number of thioether (sulfide) groups is 1. The third kappa shape index (κ3) is 4.43. The number of carbonyl (C=O) groups is 2. The number of benzene rings is 1. The largest absolute Gasteiger partial charge is 0.338 e. The predicted molar refractivity (Wildman–Crippen MR) is 104 cm³/mol. The van der Waals surface area contributed by atoms with Crippen LogP contribution in [0.4, 0.5) is 4.79 Å². The topological polar surface area (TPSA) is 93.1 Å². The summed E-state index contributed by atoms with van der Waals surface area (Å²) in [6.45, 7) is 7.82. The van der Waals surface area contributed by atoms with Crippen molar-refractivity contribution in [2.45, 2.75) is 50.6 Å². The molecule has 0 spiro atoms. The van der Waals surface area contributed by atoms with Crippen molar-refractivity contribution in [3.8, 4) is 0 Å². The number of rotatable bonds is 6. The fourth-order valence-electron chi connectivity index (χ4n) is 2.41. The van der Waals surface area contributed by atoms with E-state index in [0.29, 0.717) is 22.6 Å². The molecular formula is C18H24N4O3S. The first kappa shape index (κ1) is 20.0. The van der Waals surface area contributed by atoms with Gasteiger partial charge in [0.15, 0.2) is 5.16 Å². The number of hydrogen-bond acceptors (Lipinski definition) is 5. The Morgan fingerprint density at radius 2 is 1.92 bits per heavy atom. The molecule has 1 aromatic heterocycles. The molecule has 2 atom stereocenters. The van der Waals surface area contributed by atoms with Crippen LogP contribution < -0.4 is 16.2 Å². The van der Waals surface area contributed by atoms with Gasteiger partial charge in [0.1, 0.15) is 0 Å². The van der Waals surface area contributed by atoms with Gasteiger partial charge >= 0.3 is 6.03 Å². The summed E-state index contributed by atoms with van der Waals surface area (Å²) in [5, 5.41) is 5.25. The normalized spacial score (nSPS) is 13.2. The number of fused-ring (bicyclic) bond motifs is 1. The zero-order valence-corrected chi connectivity index (χ0v) is 16.2. The highest BCUT2D eigenvalue weighted by atomic mass is 32.2. The number of urea groups is 1. The Morgan fingerprint density at radius 3 is 2.58 bits per heavy atom. The molecule has 0 bridgehead atoms. The van der Waals surface area contributed by atoms with Crippen molar-refractivity contribution in [2.24, 2.45) is 0 Å². The van der Waals surface area contributed by atoms with Crippen LogP contribution in [0.25, 0.3) is 10.9 Å². The molecule has 0 saturated heterocycles. The van der Waals surface area contributed by atoms with E-state index in [0.717, 1.165) is 6.42 Å². The van der Waals surface area contributed by atoms with Crippen LogP contribution in [-0.2, 0) is 4.79 Å². The van der Waals surface area contributed by atoms with Gasteiger partial charge in [0.25, 0.3) is 5.56 Å². The standard InChI is InChI=1S/C18H24N4O3S/c1-5-11(3)22-16(24)13-9-7-8-10-14(13)20-18(22)26-12(4)15(23)21-17(25)19-6-2/h7-12H,5-6H2,1-4H3,(H2,19,21,23,25)/t11-,12+/m1/s1. The van der Waals surface area contributed by atoms with Gasteiger partial charge in [0, 0.05) is 12.6 Å². The van der Waals surface area contributed by atoms with E-state index in [9.17, 15) is 14.4 Å². The van der Waals surface area contributed by atoms with Crippen LogP contribution in [-0.4, -0.2) is 33.3 Å². The highest BCUT2D eigenvalue weighted by Gasteiger charge is 2.22. The molecule has 8 heteroatoms. The number of aromatic nitrogens is 2. The second-order valence-electron chi connectivity index (χ2n) is 5.95. The van der Waals surface area contributed by atoms with Gasteiger partial charge in [-0.3, -0.25) is 19.5 Å². The van der Waals surface area contributed by atoms with Crippen molar-refractivity contribution in [3.05, 3.63) is 34.6 Å². The number of imide groups is 1. The van der Waals surface area contributed by atoms with Crippen LogP contribution in [0.2, 0.25) is 0 Å². The zero-order chi connectivity index (χ0) is 19.3. The molecule has 3 amide bonds. The summed E-state index contributed by atoms with van der Waals surface area (Å²) in [6, 6.07) is 6.57. The number of nitrogens with one attached hydrogen (secondary N) is 2. The first-order valence-electron chi connectivity index (χ1n) is 8.65. The predicted octanol–water partition coefficient (Wildman–Crippen LogP) is 2.69. The fourth-order valence-corrected chi connectivity index (χ4v) is 3.42. The maximum atomic E-state index is 12.9. The second kappa shape index (κ2) is 8.84. The van der Waals surface area contributed by atoms with E-state index in [1.807, 2.05) is 26.0 Å². The summed E-state index contributed by atoms with van der Waals surface area (Å²) in [7, 11) is 0. The molecule has 7 nitrogen and oxygen atoms in total. The molecule has 26 heavy (non-hydrogen) atoms. The molecule has 0 aliphatic carbocycles. The average Bonchev–Trinajstić information content (AvgIpc) is 2.61. The Morgan fingerprint density at radius 1 is 1.23 bits per heavy atom. The summed E-state index contributed by atoms with van der Waals surface area (Å²) in [6.07, 6.45) is 0.757. The van der Waals surface area contributed by atoms with Crippen molar-refractivity contribution >= 4 is 34.6 Å². The van der Waals surface area contributed by atoms with E-state index in [4.69, 9.17) is 0 Å². The minimum Gasteiger partial charge on any atom is -0.338 e. The van der Waals surface area contributed by atoms with Crippen molar-refractivity contribution in [2.75, 3.05) is 6.54 Å². The number of amides is 3. The van der Waals surface area contributed by atoms with Crippen molar-refractivity contribution in [3.63, 3.8) is 0 Å². The van der Waals surface area contributed by atoms with Gasteiger partial charge in [0.2, 0.25) is 5.91 Å². The molecule has 2 rings (SSSR count). The van der Waals surface area contributed by atoms with Crippen LogP contribution in [0.3, 0.4) is 0 Å². The van der Waals surface area contributed by atoms with E-state index in [1.165, 1.54) is 11.8 Å². The first-order valence-corrected chi connectivity index (χ1v) is 9.53. The summed E-state index contributed by atoms with van der Waals surface area (Å²) in [5.41, 5.74) is 0.472. The van der Waals surface area contributed by atoms with E-state index in [1.54, 1.807) is 30.5 Å². The first-order chi connectivity index (χ1) is 12.4. The van der Waals surface area contributed by atoms with Gasteiger partial charge in [-0.2, -0.15) is 0 Å². The number of para-hydroxylation sites is 1. The van der Waals surface area contributed by atoms with Crippen LogP contribution in [0, 0.1) is 0 Å². The Kier molecular flexibility index (Phi) is 6.79. The molecule has 0 aliphatic rings. The average molecular weight is 376 g/mol. The molecule has 1 aromatic carbocycles. The molecule has 140 valence electrons. The number of hydrogen-bond donors (Lipinski definition) is 2. The van der Waals surface area contributed by atoms with Gasteiger partial charge in [0.05, 0.1) is 16.2 Å². The van der Waals surface area contributed by atoms with Crippen molar-refractivity contribution in [1.82, 2.24) is 20.2 Å².